The predicted octanol–water partition coefficient (Wildman–Crippen LogP) is 1.62. The number of benzene rings is 1. The van der Waals surface area contributed by atoms with Gasteiger partial charge in [-0.25, -0.2) is 0 Å². The SMILES string of the molecule is OC(COC1CCOCC1)CN1CCOCC1c1ccccc1. The lowest BCUT2D eigenvalue weighted by Crippen LogP contribution is -2.44. The number of hydrogen-bond donors (Lipinski definition) is 1. The molecule has 2 aliphatic rings. The Labute approximate surface area is 138 Å². The second kappa shape index (κ2) is 8.76. The average Bonchev–Trinajstić information content (AvgIpc) is 2.62. The third kappa shape index (κ3) is 4.99. The van der Waals surface area contributed by atoms with Gasteiger partial charge in [0, 0.05) is 26.3 Å². The van der Waals surface area contributed by atoms with Gasteiger partial charge in [-0.1, -0.05) is 30.3 Å². The standard InChI is InChI=1S/C18H27NO4/c20-16(13-23-17-6-9-21-10-7-17)12-19-8-11-22-14-18(19)15-4-2-1-3-5-15/h1-5,16-18,20H,6-14H2. The van der Waals surface area contributed by atoms with Gasteiger partial charge in [-0.2, -0.15) is 0 Å². The highest BCUT2D eigenvalue weighted by Gasteiger charge is 2.26. The molecule has 0 saturated carbocycles. The van der Waals surface area contributed by atoms with Gasteiger partial charge in [0.05, 0.1) is 38.1 Å². The first-order valence-corrected chi connectivity index (χ1v) is 8.57. The van der Waals surface area contributed by atoms with Crippen LogP contribution in [0.25, 0.3) is 0 Å². The van der Waals surface area contributed by atoms with Gasteiger partial charge in [0.15, 0.2) is 0 Å². The molecule has 5 heteroatoms. The zero-order valence-electron chi connectivity index (χ0n) is 13.6. The summed E-state index contributed by atoms with van der Waals surface area (Å²) in [6.07, 6.45) is 1.61. The Balaban J connectivity index is 1.50. The summed E-state index contributed by atoms with van der Waals surface area (Å²) in [4.78, 5) is 2.30. The predicted molar refractivity (Wildman–Crippen MR) is 87.4 cm³/mol. The Bertz CT molecular complexity index is 450. The fourth-order valence-electron chi connectivity index (χ4n) is 3.25. The molecule has 1 N–H and O–H groups in total. The van der Waals surface area contributed by atoms with Crippen LogP contribution in [0.3, 0.4) is 0 Å². The van der Waals surface area contributed by atoms with Crippen LogP contribution in [0.1, 0.15) is 24.4 Å². The molecular formula is C18H27NO4. The first-order valence-electron chi connectivity index (χ1n) is 8.57. The Morgan fingerprint density at radius 2 is 1.91 bits per heavy atom. The molecule has 0 aromatic heterocycles. The molecule has 128 valence electrons. The number of nitrogens with zero attached hydrogens (tertiary/aromatic N) is 1. The fourth-order valence-corrected chi connectivity index (χ4v) is 3.25. The van der Waals surface area contributed by atoms with Crippen molar-refractivity contribution in [1.82, 2.24) is 4.90 Å². The molecule has 0 bridgehead atoms. The highest BCUT2D eigenvalue weighted by atomic mass is 16.5. The highest BCUT2D eigenvalue weighted by Crippen LogP contribution is 2.24. The van der Waals surface area contributed by atoms with Crippen LogP contribution in [0, 0.1) is 0 Å². The minimum atomic E-state index is -0.470. The fraction of sp³-hybridized carbons (Fsp3) is 0.667. The molecule has 2 unspecified atom stereocenters. The van der Waals surface area contributed by atoms with Gasteiger partial charge < -0.3 is 19.3 Å². The molecule has 1 aromatic carbocycles. The number of ether oxygens (including phenoxy) is 3. The van der Waals surface area contributed by atoms with Crippen LogP contribution in [0.15, 0.2) is 30.3 Å². The number of aliphatic hydroxyl groups is 1. The lowest BCUT2D eigenvalue weighted by molar-refractivity contribution is -0.0772. The molecule has 2 fully saturated rings. The van der Waals surface area contributed by atoms with Gasteiger partial charge in [-0.15, -0.1) is 0 Å². The third-order valence-electron chi connectivity index (χ3n) is 4.56. The summed E-state index contributed by atoms with van der Waals surface area (Å²) in [6, 6.07) is 10.6. The molecule has 0 aliphatic carbocycles. The molecule has 3 rings (SSSR count). The van der Waals surface area contributed by atoms with Gasteiger partial charge in [0.2, 0.25) is 0 Å². The van der Waals surface area contributed by atoms with Crippen LogP contribution < -0.4 is 0 Å². The Morgan fingerprint density at radius 3 is 2.70 bits per heavy atom. The lowest BCUT2D eigenvalue weighted by Gasteiger charge is -2.37. The maximum atomic E-state index is 10.4. The average molecular weight is 321 g/mol. The summed E-state index contributed by atoms with van der Waals surface area (Å²) in [7, 11) is 0. The van der Waals surface area contributed by atoms with Gasteiger partial charge in [0.1, 0.15) is 0 Å². The Morgan fingerprint density at radius 1 is 1.13 bits per heavy atom. The topological polar surface area (TPSA) is 51.2 Å². The van der Waals surface area contributed by atoms with Crippen molar-refractivity contribution in [2.75, 3.05) is 46.1 Å². The zero-order valence-corrected chi connectivity index (χ0v) is 13.6. The van der Waals surface area contributed by atoms with Crippen LogP contribution in [-0.4, -0.2) is 68.3 Å². The largest absolute Gasteiger partial charge is 0.389 e. The Kier molecular flexibility index (Phi) is 6.42. The minimum absolute atomic E-state index is 0.211. The van der Waals surface area contributed by atoms with E-state index in [0.29, 0.717) is 19.8 Å². The van der Waals surface area contributed by atoms with E-state index >= 15 is 0 Å². The molecule has 2 heterocycles. The first-order chi connectivity index (χ1) is 11.3. The van der Waals surface area contributed by atoms with Crippen LogP contribution >= 0.6 is 0 Å². The third-order valence-corrected chi connectivity index (χ3v) is 4.56. The van der Waals surface area contributed by atoms with Gasteiger partial charge in [-0.3, -0.25) is 4.90 Å². The van der Waals surface area contributed by atoms with E-state index in [2.05, 4.69) is 17.0 Å². The molecule has 1 aromatic rings. The van der Waals surface area contributed by atoms with E-state index in [-0.39, 0.29) is 12.1 Å². The molecule has 2 saturated heterocycles. The number of rotatable bonds is 6. The van der Waals surface area contributed by atoms with E-state index in [1.165, 1.54) is 5.56 Å². The first kappa shape index (κ1) is 16.9. The number of hydrogen-bond acceptors (Lipinski definition) is 5. The summed E-state index contributed by atoms with van der Waals surface area (Å²) < 4.78 is 16.8. The van der Waals surface area contributed by atoms with E-state index in [9.17, 15) is 5.11 Å². The lowest BCUT2D eigenvalue weighted by atomic mass is 10.0. The summed E-state index contributed by atoms with van der Waals surface area (Å²) in [5.41, 5.74) is 1.24. The summed E-state index contributed by atoms with van der Waals surface area (Å²) in [5.74, 6) is 0. The van der Waals surface area contributed by atoms with Gasteiger partial charge in [-0.05, 0) is 18.4 Å². The molecule has 0 amide bonds. The van der Waals surface area contributed by atoms with Crippen molar-refractivity contribution in [3.8, 4) is 0 Å². The van der Waals surface area contributed by atoms with E-state index < -0.39 is 6.10 Å². The van der Waals surface area contributed by atoms with Crippen molar-refractivity contribution < 1.29 is 19.3 Å². The normalized spacial score (nSPS) is 25.3. The van der Waals surface area contributed by atoms with Gasteiger partial charge >= 0.3 is 0 Å². The van der Waals surface area contributed by atoms with E-state index in [4.69, 9.17) is 14.2 Å². The molecule has 5 nitrogen and oxygen atoms in total. The smallest absolute Gasteiger partial charge is 0.0900 e. The second-order valence-electron chi connectivity index (χ2n) is 6.30. The quantitative estimate of drug-likeness (QED) is 0.863. The maximum Gasteiger partial charge on any atom is 0.0900 e. The minimum Gasteiger partial charge on any atom is -0.389 e. The van der Waals surface area contributed by atoms with E-state index in [1.807, 2.05) is 18.2 Å². The summed E-state index contributed by atoms with van der Waals surface area (Å²) >= 11 is 0. The number of β-amino-alcohol motifs (C(OH)–C–C–N with tert-alkyl or cyclic N) is 1. The number of morpholine rings is 1. The van der Waals surface area contributed by atoms with E-state index in [1.54, 1.807) is 0 Å². The summed E-state index contributed by atoms with van der Waals surface area (Å²) in [5, 5.41) is 10.4. The van der Waals surface area contributed by atoms with Crippen molar-refractivity contribution in [2.45, 2.75) is 31.1 Å². The molecular weight excluding hydrogens is 294 g/mol. The summed E-state index contributed by atoms with van der Waals surface area (Å²) in [6.45, 7) is 4.78. The molecule has 0 spiro atoms. The van der Waals surface area contributed by atoms with Crippen LogP contribution in [0.5, 0.6) is 0 Å². The van der Waals surface area contributed by atoms with Crippen LogP contribution in [-0.2, 0) is 14.2 Å². The maximum absolute atomic E-state index is 10.4. The van der Waals surface area contributed by atoms with Crippen LogP contribution in [0.2, 0.25) is 0 Å². The van der Waals surface area contributed by atoms with E-state index in [0.717, 1.165) is 39.2 Å². The van der Waals surface area contributed by atoms with Crippen molar-refractivity contribution in [3.63, 3.8) is 0 Å². The van der Waals surface area contributed by atoms with Crippen molar-refractivity contribution >= 4 is 0 Å². The Hall–Kier alpha value is -0.980. The van der Waals surface area contributed by atoms with Crippen molar-refractivity contribution in [2.24, 2.45) is 0 Å². The van der Waals surface area contributed by atoms with Crippen molar-refractivity contribution in [3.05, 3.63) is 35.9 Å². The number of aliphatic hydroxyl groups excluding tert-OH is 1. The molecule has 2 atom stereocenters. The molecule has 2 aliphatic heterocycles. The monoisotopic (exact) mass is 321 g/mol. The van der Waals surface area contributed by atoms with Crippen molar-refractivity contribution in [1.29, 1.82) is 0 Å². The zero-order chi connectivity index (χ0) is 15.9. The van der Waals surface area contributed by atoms with Gasteiger partial charge in [0.25, 0.3) is 0 Å². The molecule has 0 radical (unpaired) electrons. The molecule has 23 heavy (non-hydrogen) atoms. The second-order valence-corrected chi connectivity index (χ2v) is 6.30. The van der Waals surface area contributed by atoms with Crippen LogP contribution in [0.4, 0.5) is 0 Å². The highest BCUT2D eigenvalue weighted by molar-refractivity contribution is 5.19.